The maximum Gasteiger partial charge on any atom is 0.306 e. The van der Waals surface area contributed by atoms with E-state index in [0.29, 0.717) is 11.6 Å². The molecule has 0 spiro atoms. The fraction of sp³-hybridized carbons (Fsp3) is 0.0909. The normalized spacial score (nSPS) is 10.1. The summed E-state index contributed by atoms with van der Waals surface area (Å²) in [5.41, 5.74) is -0.213. The number of hydrogen-bond acceptors (Lipinski definition) is 5. The highest BCUT2D eigenvalue weighted by molar-refractivity contribution is 6.31. The van der Waals surface area contributed by atoms with Gasteiger partial charge in [0, 0.05) is 19.3 Å². The molecule has 0 amide bonds. The van der Waals surface area contributed by atoms with Gasteiger partial charge in [0.05, 0.1) is 4.92 Å². The van der Waals surface area contributed by atoms with Crippen molar-refractivity contribution >= 4 is 28.9 Å². The predicted octanol–water partition coefficient (Wildman–Crippen LogP) is 2.81. The Balaban J connectivity index is 2.35. The Kier molecular flexibility index (Phi) is 3.38. The third kappa shape index (κ3) is 2.38. The van der Waals surface area contributed by atoms with Crippen LogP contribution in [0.25, 0.3) is 0 Å². The van der Waals surface area contributed by atoms with Crippen LogP contribution in [-0.4, -0.2) is 21.9 Å². The highest BCUT2D eigenvalue weighted by Gasteiger charge is 2.16. The molecule has 6 nitrogen and oxygen atoms in total. The summed E-state index contributed by atoms with van der Waals surface area (Å²) in [6.45, 7) is 0. The molecule has 18 heavy (non-hydrogen) atoms. The molecule has 0 radical (unpaired) electrons. The van der Waals surface area contributed by atoms with Gasteiger partial charge in [-0.3, -0.25) is 10.1 Å². The summed E-state index contributed by atoms with van der Waals surface area (Å²) < 4.78 is 0. The molecule has 0 aliphatic carbocycles. The van der Waals surface area contributed by atoms with Gasteiger partial charge in [0.15, 0.2) is 0 Å². The molecule has 7 heteroatoms. The van der Waals surface area contributed by atoms with Crippen molar-refractivity contribution in [3.63, 3.8) is 0 Å². The molecule has 0 aromatic carbocycles. The minimum atomic E-state index is -0.570. The molecule has 0 atom stereocenters. The highest BCUT2D eigenvalue weighted by atomic mass is 35.5. The molecule has 2 aromatic heterocycles. The number of halogens is 1. The summed E-state index contributed by atoms with van der Waals surface area (Å²) in [5.74, 6) is 1.17. The first kappa shape index (κ1) is 12.3. The van der Waals surface area contributed by atoms with Crippen LogP contribution < -0.4 is 4.90 Å². The first-order chi connectivity index (χ1) is 8.59. The molecule has 0 bridgehead atoms. The molecule has 0 aliphatic heterocycles. The molecule has 0 N–H and O–H groups in total. The van der Waals surface area contributed by atoms with Crippen LogP contribution in [0.2, 0.25) is 5.15 Å². The molecule has 2 aromatic rings. The Hall–Kier alpha value is -2.21. The monoisotopic (exact) mass is 264 g/mol. The Labute approximate surface area is 108 Å². The summed E-state index contributed by atoms with van der Waals surface area (Å²) in [6.07, 6.45) is 1.65. The molecule has 2 heterocycles. The van der Waals surface area contributed by atoms with Crippen molar-refractivity contribution in [1.82, 2.24) is 9.97 Å². The van der Waals surface area contributed by atoms with Gasteiger partial charge in [-0.15, -0.1) is 0 Å². The first-order valence-corrected chi connectivity index (χ1v) is 5.43. The van der Waals surface area contributed by atoms with Crippen LogP contribution in [0.4, 0.5) is 17.3 Å². The van der Waals surface area contributed by atoms with Gasteiger partial charge in [0.1, 0.15) is 11.6 Å². The Morgan fingerprint density at radius 1 is 1.28 bits per heavy atom. The van der Waals surface area contributed by atoms with Gasteiger partial charge in [-0.1, -0.05) is 17.7 Å². The zero-order valence-corrected chi connectivity index (χ0v) is 10.2. The minimum absolute atomic E-state index is 0.139. The maximum absolute atomic E-state index is 10.6. The lowest BCUT2D eigenvalue weighted by atomic mass is 10.3. The van der Waals surface area contributed by atoms with E-state index in [0.717, 1.165) is 0 Å². The van der Waals surface area contributed by atoms with E-state index < -0.39 is 4.92 Å². The SMILES string of the molecule is CN(c1ccccn1)c1ccc([N+](=O)[O-])c(Cl)n1. The van der Waals surface area contributed by atoms with Crippen molar-refractivity contribution in [2.24, 2.45) is 0 Å². The fourth-order valence-electron chi connectivity index (χ4n) is 1.41. The summed E-state index contributed by atoms with van der Waals surface area (Å²) in [6, 6.07) is 8.29. The Morgan fingerprint density at radius 2 is 2.06 bits per heavy atom. The molecule has 0 unspecified atom stereocenters. The van der Waals surface area contributed by atoms with Gasteiger partial charge in [0.2, 0.25) is 5.15 Å². The molecule has 0 aliphatic rings. The summed E-state index contributed by atoms with van der Waals surface area (Å²) in [7, 11) is 1.76. The topological polar surface area (TPSA) is 72.2 Å². The van der Waals surface area contributed by atoms with Gasteiger partial charge < -0.3 is 4.90 Å². The third-order valence-electron chi connectivity index (χ3n) is 2.35. The van der Waals surface area contributed by atoms with Crippen LogP contribution in [-0.2, 0) is 0 Å². The zero-order chi connectivity index (χ0) is 13.1. The Morgan fingerprint density at radius 3 is 2.61 bits per heavy atom. The van der Waals surface area contributed by atoms with Crippen molar-refractivity contribution in [2.45, 2.75) is 0 Å². The van der Waals surface area contributed by atoms with Crippen LogP contribution in [0.5, 0.6) is 0 Å². The number of pyridine rings is 2. The second-order valence-electron chi connectivity index (χ2n) is 3.48. The highest BCUT2D eigenvalue weighted by Crippen LogP contribution is 2.27. The summed E-state index contributed by atoms with van der Waals surface area (Å²) in [5, 5.41) is 10.5. The van der Waals surface area contributed by atoms with E-state index in [1.54, 1.807) is 30.3 Å². The van der Waals surface area contributed by atoms with Gasteiger partial charge in [-0.05, 0) is 18.2 Å². The van der Waals surface area contributed by atoms with Gasteiger partial charge in [-0.2, -0.15) is 0 Å². The number of anilines is 2. The second kappa shape index (κ2) is 4.97. The standard InChI is InChI=1S/C11H9ClN4O2/c1-15(9-4-2-3-7-13-9)10-6-5-8(16(17)18)11(12)14-10/h2-7H,1H3. The van der Waals surface area contributed by atoms with E-state index in [-0.39, 0.29) is 10.8 Å². The number of aromatic nitrogens is 2. The van der Waals surface area contributed by atoms with E-state index in [2.05, 4.69) is 9.97 Å². The maximum atomic E-state index is 10.6. The largest absolute Gasteiger partial charge is 0.314 e. The van der Waals surface area contributed by atoms with E-state index >= 15 is 0 Å². The number of nitrogens with zero attached hydrogens (tertiary/aromatic N) is 4. The second-order valence-corrected chi connectivity index (χ2v) is 3.84. The van der Waals surface area contributed by atoms with Crippen molar-refractivity contribution in [2.75, 3.05) is 11.9 Å². The lowest BCUT2D eigenvalue weighted by Crippen LogP contribution is -2.12. The average Bonchev–Trinajstić information content (AvgIpc) is 2.38. The molecule has 0 saturated heterocycles. The van der Waals surface area contributed by atoms with E-state index in [9.17, 15) is 10.1 Å². The van der Waals surface area contributed by atoms with Crippen molar-refractivity contribution < 1.29 is 4.92 Å². The summed E-state index contributed by atoms with van der Waals surface area (Å²) >= 11 is 5.76. The minimum Gasteiger partial charge on any atom is -0.314 e. The fourth-order valence-corrected chi connectivity index (χ4v) is 1.63. The number of rotatable bonds is 3. The van der Waals surface area contributed by atoms with Crippen LogP contribution in [0.15, 0.2) is 36.5 Å². The smallest absolute Gasteiger partial charge is 0.306 e. The van der Waals surface area contributed by atoms with E-state index in [1.165, 1.54) is 12.1 Å². The van der Waals surface area contributed by atoms with Gasteiger partial charge in [0.25, 0.3) is 0 Å². The van der Waals surface area contributed by atoms with E-state index in [1.807, 2.05) is 6.07 Å². The van der Waals surface area contributed by atoms with Crippen molar-refractivity contribution in [3.05, 3.63) is 51.8 Å². The molecule has 92 valence electrons. The molecule has 0 fully saturated rings. The van der Waals surface area contributed by atoms with Crippen molar-refractivity contribution in [3.8, 4) is 0 Å². The quantitative estimate of drug-likeness (QED) is 0.484. The lowest BCUT2D eigenvalue weighted by molar-refractivity contribution is -0.385. The van der Waals surface area contributed by atoms with Crippen LogP contribution in [0, 0.1) is 10.1 Å². The predicted molar refractivity (Wildman–Crippen MR) is 68.2 cm³/mol. The average molecular weight is 265 g/mol. The number of nitro groups is 1. The summed E-state index contributed by atoms with van der Waals surface area (Å²) in [4.78, 5) is 19.9. The molecule has 0 saturated carbocycles. The van der Waals surface area contributed by atoms with Crippen molar-refractivity contribution in [1.29, 1.82) is 0 Å². The third-order valence-corrected chi connectivity index (χ3v) is 2.63. The molecular formula is C11H9ClN4O2. The van der Waals surface area contributed by atoms with E-state index in [4.69, 9.17) is 11.6 Å². The first-order valence-electron chi connectivity index (χ1n) is 5.05. The Bertz CT molecular complexity index is 577. The molecule has 2 rings (SSSR count). The zero-order valence-electron chi connectivity index (χ0n) is 9.45. The molecular weight excluding hydrogens is 256 g/mol. The van der Waals surface area contributed by atoms with Crippen LogP contribution >= 0.6 is 11.6 Å². The number of hydrogen-bond donors (Lipinski definition) is 0. The van der Waals surface area contributed by atoms with Crippen LogP contribution in [0.1, 0.15) is 0 Å². The lowest BCUT2D eigenvalue weighted by Gasteiger charge is -2.16. The van der Waals surface area contributed by atoms with Gasteiger partial charge >= 0.3 is 5.69 Å². The van der Waals surface area contributed by atoms with Crippen LogP contribution in [0.3, 0.4) is 0 Å². The van der Waals surface area contributed by atoms with Gasteiger partial charge in [-0.25, -0.2) is 9.97 Å².